The van der Waals surface area contributed by atoms with E-state index in [1.807, 2.05) is 12.1 Å². The molecule has 2 rings (SSSR count). The van der Waals surface area contributed by atoms with E-state index in [9.17, 15) is 24.0 Å². The number of hydrogen-bond donors (Lipinski definition) is 6. The molecule has 14 heteroatoms. The molecule has 0 aliphatic heterocycles. The number of ether oxygens (including phenoxy) is 2. The van der Waals surface area contributed by atoms with E-state index in [2.05, 4.69) is 21.3 Å². The third-order valence-electron chi connectivity index (χ3n) is 5.99. The minimum Gasteiger partial charge on any atom is -0.444 e. The Labute approximate surface area is 268 Å². The summed E-state index contributed by atoms with van der Waals surface area (Å²) in [6.07, 6.45) is -3.28. The number of rotatable bonds is 12. The molecule has 45 heavy (non-hydrogen) atoms. The van der Waals surface area contributed by atoms with Crippen LogP contribution in [0.2, 0.25) is 5.02 Å². The fraction of sp³-hybridized carbons (Fsp3) is 0.452. The molecule has 0 aliphatic rings. The summed E-state index contributed by atoms with van der Waals surface area (Å²) >= 11 is 5.97. The van der Waals surface area contributed by atoms with Crippen molar-refractivity contribution in [3.63, 3.8) is 0 Å². The monoisotopic (exact) mass is 646 g/mol. The van der Waals surface area contributed by atoms with Gasteiger partial charge < -0.3 is 42.2 Å². The van der Waals surface area contributed by atoms with Gasteiger partial charge in [-0.05, 0) is 83.9 Å². The summed E-state index contributed by atoms with van der Waals surface area (Å²) in [6.45, 7) is 11.4. The molecule has 246 valence electrons. The molecule has 13 nitrogen and oxygen atoms in total. The lowest BCUT2D eigenvalue weighted by Crippen LogP contribution is -2.63. The van der Waals surface area contributed by atoms with Crippen molar-refractivity contribution in [3.05, 3.63) is 59.1 Å². The van der Waals surface area contributed by atoms with Crippen LogP contribution in [-0.2, 0) is 23.9 Å². The second-order valence-corrected chi connectivity index (χ2v) is 12.7. The van der Waals surface area contributed by atoms with E-state index < -0.39 is 65.3 Å². The van der Waals surface area contributed by atoms with Gasteiger partial charge in [0, 0.05) is 10.6 Å². The van der Waals surface area contributed by atoms with Crippen LogP contribution >= 0.6 is 11.6 Å². The topological polar surface area (TPSA) is 204 Å². The summed E-state index contributed by atoms with van der Waals surface area (Å²) in [7, 11) is 0. The highest BCUT2D eigenvalue weighted by Crippen LogP contribution is 2.22. The van der Waals surface area contributed by atoms with Crippen LogP contribution in [-0.4, -0.2) is 71.8 Å². The zero-order chi connectivity index (χ0) is 34.1. The van der Waals surface area contributed by atoms with E-state index in [4.69, 9.17) is 32.5 Å². The van der Waals surface area contributed by atoms with Crippen molar-refractivity contribution in [2.24, 2.45) is 11.5 Å². The van der Waals surface area contributed by atoms with Gasteiger partial charge >= 0.3 is 6.09 Å². The van der Waals surface area contributed by atoms with Gasteiger partial charge in [0.25, 0.3) is 11.8 Å². The molecule has 5 amide bonds. The van der Waals surface area contributed by atoms with Crippen molar-refractivity contribution in [1.29, 1.82) is 0 Å². The Balaban J connectivity index is 2.32. The molecule has 8 N–H and O–H groups in total. The van der Waals surface area contributed by atoms with Crippen LogP contribution in [0.25, 0.3) is 11.1 Å². The van der Waals surface area contributed by atoms with Crippen LogP contribution in [0.3, 0.4) is 0 Å². The van der Waals surface area contributed by atoms with Gasteiger partial charge in [0.2, 0.25) is 11.8 Å². The molecule has 0 heterocycles. The minimum absolute atomic E-state index is 0.231. The van der Waals surface area contributed by atoms with Crippen LogP contribution in [0.4, 0.5) is 4.79 Å². The summed E-state index contributed by atoms with van der Waals surface area (Å²) < 4.78 is 11.1. The molecular weight excluding hydrogens is 604 g/mol. The highest BCUT2D eigenvalue weighted by Gasteiger charge is 2.34. The SMILES string of the molecule is C[C@@H](OC(C)(C)C)[C@H](NC(=O)[C@H](CNC(=O)OC(C)(C)C)NC(=O)c1ccc(-c2ccc(Cl)cc2)cc1)C(=O)N[C@@H](N)C(N)=O. The Kier molecular flexibility index (Phi) is 12.9. The lowest BCUT2D eigenvalue weighted by atomic mass is 10.0. The first-order valence-corrected chi connectivity index (χ1v) is 14.6. The maximum atomic E-state index is 13.6. The molecule has 2 aromatic carbocycles. The van der Waals surface area contributed by atoms with E-state index in [1.165, 1.54) is 0 Å². The van der Waals surface area contributed by atoms with E-state index >= 15 is 0 Å². The van der Waals surface area contributed by atoms with Crippen molar-refractivity contribution in [1.82, 2.24) is 21.3 Å². The number of benzene rings is 2. The van der Waals surface area contributed by atoms with Crippen molar-refractivity contribution >= 4 is 41.3 Å². The molecule has 0 aromatic heterocycles. The second kappa shape index (κ2) is 15.7. The third-order valence-corrected chi connectivity index (χ3v) is 6.24. The first-order chi connectivity index (χ1) is 20.8. The van der Waals surface area contributed by atoms with Crippen LogP contribution in [0.5, 0.6) is 0 Å². The summed E-state index contributed by atoms with van der Waals surface area (Å²) in [5.41, 5.74) is 11.2. The number of alkyl carbamates (subject to hydrolysis) is 1. The zero-order valence-corrected chi connectivity index (χ0v) is 27.3. The Hall–Kier alpha value is -4.20. The Bertz CT molecular complexity index is 1350. The van der Waals surface area contributed by atoms with Crippen LogP contribution < -0.4 is 32.7 Å². The molecular formula is C31H43ClN6O7. The maximum absolute atomic E-state index is 13.6. The van der Waals surface area contributed by atoms with Crippen LogP contribution in [0.15, 0.2) is 48.5 Å². The summed E-state index contributed by atoms with van der Waals surface area (Å²) in [4.78, 5) is 63.8. The largest absolute Gasteiger partial charge is 0.444 e. The Morgan fingerprint density at radius 3 is 1.82 bits per heavy atom. The van der Waals surface area contributed by atoms with E-state index in [-0.39, 0.29) is 12.1 Å². The molecule has 0 unspecified atom stereocenters. The second-order valence-electron chi connectivity index (χ2n) is 12.3. The summed E-state index contributed by atoms with van der Waals surface area (Å²) in [6, 6.07) is 11.1. The minimum atomic E-state index is -1.53. The number of amides is 5. The van der Waals surface area contributed by atoms with Crippen molar-refractivity contribution in [3.8, 4) is 11.1 Å². The first kappa shape index (κ1) is 37.0. The van der Waals surface area contributed by atoms with Gasteiger partial charge in [-0.15, -0.1) is 0 Å². The maximum Gasteiger partial charge on any atom is 0.407 e. The predicted octanol–water partition coefficient (Wildman–Crippen LogP) is 2.20. The quantitative estimate of drug-likeness (QED) is 0.188. The standard InChI is InChI=1S/C31H43ClN6O7/c1-17(44-30(2,3)4)23(28(42)38-24(33)25(34)39)37-27(41)22(16-35-29(43)45-31(5,6)7)36-26(40)20-10-8-18(9-11-20)19-12-14-21(32)15-13-19/h8-15,17,22-24H,16,33H2,1-7H3,(H2,34,39)(H,35,43)(H,36,40)(H,37,41)(H,38,42)/t17-,22+,23+,24-/m1/s1. The van der Waals surface area contributed by atoms with Crippen molar-refractivity contribution in [2.45, 2.75) is 84.0 Å². The van der Waals surface area contributed by atoms with Crippen LogP contribution in [0, 0.1) is 0 Å². The molecule has 0 aliphatic carbocycles. The van der Waals surface area contributed by atoms with Crippen molar-refractivity contribution in [2.75, 3.05) is 6.54 Å². The van der Waals surface area contributed by atoms with E-state index in [0.29, 0.717) is 5.02 Å². The van der Waals surface area contributed by atoms with Gasteiger partial charge in [-0.2, -0.15) is 0 Å². The highest BCUT2D eigenvalue weighted by molar-refractivity contribution is 6.30. The molecule has 0 fully saturated rings. The van der Waals surface area contributed by atoms with Gasteiger partial charge in [-0.25, -0.2) is 4.79 Å². The number of halogens is 1. The third kappa shape index (κ3) is 12.7. The zero-order valence-electron chi connectivity index (χ0n) is 26.5. The number of nitrogens with one attached hydrogen (secondary N) is 4. The summed E-state index contributed by atoms with van der Waals surface area (Å²) in [5.74, 6) is -3.31. The average molecular weight is 647 g/mol. The van der Waals surface area contributed by atoms with Crippen LogP contribution in [0.1, 0.15) is 58.8 Å². The molecule has 0 spiro atoms. The van der Waals surface area contributed by atoms with E-state index in [0.717, 1.165) is 11.1 Å². The highest BCUT2D eigenvalue weighted by atomic mass is 35.5. The Morgan fingerprint density at radius 1 is 0.800 bits per heavy atom. The molecule has 4 atom stereocenters. The normalized spacial score (nSPS) is 14.2. The number of carbonyl (C=O) groups excluding carboxylic acids is 5. The fourth-order valence-corrected chi connectivity index (χ4v) is 4.12. The lowest BCUT2D eigenvalue weighted by molar-refractivity contribution is -0.139. The van der Waals surface area contributed by atoms with Gasteiger partial charge in [-0.1, -0.05) is 35.9 Å². The van der Waals surface area contributed by atoms with Gasteiger partial charge in [0.15, 0.2) is 6.17 Å². The molecule has 0 radical (unpaired) electrons. The van der Waals surface area contributed by atoms with Gasteiger partial charge in [-0.3, -0.25) is 19.2 Å². The first-order valence-electron chi connectivity index (χ1n) is 14.2. The molecule has 2 aromatic rings. The van der Waals surface area contributed by atoms with Crippen molar-refractivity contribution < 1.29 is 33.4 Å². The number of carbonyl (C=O) groups is 5. The summed E-state index contributed by atoms with van der Waals surface area (Å²) in [5, 5.41) is 10.4. The lowest BCUT2D eigenvalue weighted by Gasteiger charge is -2.32. The average Bonchev–Trinajstić information content (AvgIpc) is 2.92. The molecule has 0 bridgehead atoms. The fourth-order valence-electron chi connectivity index (χ4n) is 4.00. The van der Waals surface area contributed by atoms with Gasteiger partial charge in [0.1, 0.15) is 17.7 Å². The number of nitrogens with two attached hydrogens (primary N) is 2. The Morgan fingerprint density at radius 2 is 1.33 bits per heavy atom. The predicted molar refractivity (Wildman–Crippen MR) is 170 cm³/mol. The molecule has 0 saturated heterocycles. The van der Waals surface area contributed by atoms with E-state index in [1.54, 1.807) is 84.9 Å². The molecule has 0 saturated carbocycles. The smallest absolute Gasteiger partial charge is 0.407 e. The number of hydrogen-bond acceptors (Lipinski definition) is 8. The number of primary amides is 1. The van der Waals surface area contributed by atoms with Gasteiger partial charge in [0.05, 0.1) is 18.2 Å².